The quantitative estimate of drug-likeness (QED) is 0.749. The number of hydrogen-bond donors (Lipinski definition) is 0. The van der Waals surface area contributed by atoms with Gasteiger partial charge in [0.15, 0.2) is 18.1 Å². The van der Waals surface area contributed by atoms with Crippen LogP contribution in [-0.4, -0.2) is 56.9 Å². The third-order valence-electron chi connectivity index (χ3n) is 4.37. The van der Waals surface area contributed by atoms with Crippen molar-refractivity contribution in [1.82, 2.24) is 4.90 Å². The van der Waals surface area contributed by atoms with Crippen LogP contribution in [0.1, 0.15) is 5.56 Å². The predicted molar refractivity (Wildman–Crippen MR) is 101 cm³/mol. The van der Waals surface area contributed by atoms with Gasteiger partial charge >= 0.3 is 0 Å². The molecular weight excluding hydrogens is 346 g/mol. The van der Waals surface area contributed by atoms with Crippen LogP contribution >= 0.6 is 0 Å². The fourth-order valence-electron chi connectivity index (χ4n) is 2.84. The molecule has 6 heteroatoms. The molecule has 0 saturated carbocycles. The summed E-state index contributed by atoms with van der Waals surface area (Å²) in [6.45, 7) is 3.89. The molecule has 0 radical (unpaired) electrons. The van der Waals surface area contributed by atoms with Gasteiger partial charge in [0, 0.05) is 6.54 Å². The molecule has 3 rings (SSSR count). The van der Waals surface area contributed by atoms with E-state index in [9.17, 15) is 4.79 Å². The van der Waals surface area contributed by atoms with Crippen molar-refractivity contribution in [2.24, 2.45) is 0 Å². The molecule has 0 spiro atoms. The number of carbonyl (C=O) groups excluding carboxylic acids is 1. The van der Waals surface area contributed by atoms with Crippen molar-refractivity contribution >= 4 is 5.91 Å². The van der Waals surface area contributed by atoms with Crippen LogP contribution in [0.5, 0.6) is 17.2 Å². The minimum Gasteiger partial charge on any atom is -0.493 e. The van der Waals surface area contributed by atoms with E-state index in [2.05, 4.69) is 0 Å². The molecule has 0 aromatic heterocycles. The Morgan fingerprint density at radius 1 is 1.11 bits per heavy atom. The van der Waals surface area contributed by atoms with Gasteiger partial charge in [-0.15, -0.1) is 0 Å². The largest absolute Gasteiger partial charge is 0.493 e. The summed E-state index contributed by atoms with van der Waals surface area (Å²) in [5, 5.41) is 0. The third-order valence-corrected chi connectivity index (χ3v) is 4.37. The van der Waals surface area contributed by atoms with Crippen molar-refractivity contribution in [3.8, 4) is 17.2 Å². The number of amides is 1. The molecule has 2 aromatic rings. The number of hydrogen-bond acceptors (Lipinski definition) is 5. The van der Waals surface area contributed by atoms with E-state index in [1.54, 1.807) is 12.0 Å². The smallest absolute Gasteiger partial charge is 0.260 e. The molecule has 1 saturated heterocycles. The minimum absolute atomic E-state index is 0.0170. The number of rotatable bonds is 7. The molecule has 1 heterocycles. The first-order chi connectivity index (χ1) is 13.2. The van der Waals surface area contributed by atoms with Crippen molar-refractivity contribution in [3.05, 3.63) is 54.1 Å². The number of ether oxygens (including phenoxy) is 4. The van der Waals surface area contributed by atoms with Crippen LogP contribution in [-0.2, 0) is 9.53 Å². The van der Waals surface area contributed by atoms with Gasteiger partial charge in [-0.2, -0.15) is 0 Å². The van der Waals surface area contributed by atoms with Gasteiger partial charge in [-0.1, -0.05) is 29.8 Å². The van der Waals surface area contributed by atoms with Crippen LogP contribution in [0, 0.1) is 6.92 Å². The molecule has 1 aliphatic heterocycles. The Hall–Kier alpha value is -2.73. The third kappa shape index (κ3) is 5.37. The first-order valence-electron chi connectivity index (χ1n) is 9.00. The first kappa shape index (κ1) is 19.0. The number of nitrogens with zero attached hydrogens (tertiary/aromatic N) is 1. The number of carbonyl (C=O) groups is 1. The molecule has 144 valence electrons. The van der Waals surface area contributed by atoms with E-state index in [-0.39, 0.29) is 18.6 Å². The molecule has 6 nitrogen and oxygen atoms in total. The number of para-hydroxylation sites is 2. The lowest BCUT2D eigenvalue weighted by atomic mass is 10.2. The molecule has 0 N–H and O–H groups in total. The fraction of sp³-hybridized carbons (Fsp3) is 0.381. The van der Waals surface area contributed by atoms with Gasteiger partial charge in [0.2, 0.25) is 0 Å². The number of aryl methyl sites for hydroxylation is 1. The molecule has 0 bridgehead atoms. The zero-order valence-corrected chi connectivity index (χ0v) is 15.7. The molecule has 1 fully saturated rings. The highest BCUT2D eigenvalue weighted by molar-refractivity contribution is 5.77. The Balaban J connectivity index is 1.48. The summed E-state index contributed by atoms with van der Waals surface area (Å²) >= 11 is 0. The van der Waals surface area contributed by atoms with E-state index < -0.39 is 0 Å². The summed E-state index contributed by atoms with van der Waals surface area (Å²) in [4.78, 5) is 14.2. The minimum atomic E-state index is -0.188. The van der Waals surface area contributed by atoms with Crippen molar-refractivity contribution in [1.29, 1.82) is 0 Å². The van der Waals surface area contributed by atoms with Gasteiger partial charge in [-0.05, 0) is 31.2 Å². The maximum Gasteiger partial charge on any atom is 0.260 e. The molecule has 1 unspecified atom stereocenters. The number of methoxy groups -OCH3 is 1. The van der Waals surface area contributed by atoms with E-state index in [0.29, 0.717) is 43.6 Å². The molecule has 1 amide bonds. The molecule has 2 aromatic carbocycles. The summed E-state index contributed by atoms with van der Waals surface area (Å²) in [6.07, 6.45) is -0.188. The average molecular weight is 371 g/mol. The van der Waals surface area contributed by atoms with E-state index >= 15 is 0 Å². The Morgan fingerprint density at radius 2 is 1.85 bits per heavy atom. The van der Waals surface area contributed by atoms with Gasteiger partial charge in [0.25, 0.3) is 5.91 Å². The van der Waals surface area contributed by atoms with E-state index in [0.717, 1.165) is 5.56 Å². The Kier molecular flexibility index (Phi) is 6.54. The summed E-state index contributed by atoms with van der Waals surface area (Å²) in [5.74, 6) is 1.97. The van der Waals surface area contributed by atoms with Crippen molar-refractivity contribution in [2.75, 3.05) is 40.0 Å². The Bertz CT molecular complexity index is 746. The highest BCUT2D eigenvalue weighted by atomic mass is 16.5. The van der Waals surface area contributed by atoms with Gasteiger partial charge in [0.05, 0.1) is 20.3 Å². The topological polar surface area (TPSA) is 57.2 Å². The van der Waals surface area contributed by atoms with Crippen LogP contribution in [0.2, 0.25) is 0 Å². The van der Waals surface area contributed by atoms with Gasteiger partial charge in [0.1, 0.15) is 18.5 Å². The summed E-state index contributed by atoms with van der Waals surface area (Å²) < 4.78 is 22.4. The van der Waals surface area contributed by atoms with E-state index in [1.807, 2.05) is 55.5 Å². The average Bonchev–Trinajstić information content (AvgIpc) is 2.72. The van der Waals surface area contributed by atoms with Crippen molar-refractivity contribution in [3.63, 3.8) is 0 Å². The Morgan fingerprint density at radius 3 is 2.59 bits per heavy atom. The standard InChI is InChI=1S/C21H25NO5/c1-16-7-9-17(10-8-16)26-15-21(23)22-11-12-25-18(13-22)14-27-20-6-4-3-5-19(20)24-2/h3-10,18H,11-15H2,1-2H3. The first-order valence-corrected chi connectivity index (χ1v) is 9.00. The maximum absolute atomic E-state index is 12.4. The summed E-state index contributed by atoms with van der Waals surface area (Å²) in [6, 6.07) is 15.1. The fourth-order valence-corrected chi connectivity index (χ4v) is 2.84. The van der Waals surface area contributed by atoms with E-state index in [4.69, 9.17) is 18.9 Å². The van der Waals surface area contributed by atoms with Crippen LogP contribution in [0.15, 0.2) is 48.5 Å². The molecule has 0 aliphatic carbocycles. The van der Waals surface area contributed by atoms with Crippen molar-refractivity contribution in [2.45, 2.75) is 13.0 Å². The van der Waals surface area contributed by atoms with Crippen molar-refractivity contribution < 1.29 is 23.7 Å². The second-order valence-corrected chi connectivity index (χ2v) is 6.40. The number of morpholine rings is 1. The summed E-state index contributed by atoms with van der Waals surface area (Å²) in [7, 11) is 1.60. The van der Waals surface area contributed by atoms with Crippen LogP contribution in [0.25, 0.3) is 0 Å². The molecule has 1 aliphatic rings. The lowest BCUT2D eigenvalue weighted by Crippen LogP contribution is -2.49. The normalized spacial score (nSPS) is 16.7. The summed E-state index contributed by atoms with van der Waals surface area (Å²) in [5.41, 5.74) is 1.15. The number of benzene rings is 2. The second kappa shape index (κ2) is 9.28. The lowest BCUT2D eigenvalue weighted by molar-refractivity contribution is -0.142. The van der Waals surface area contributed by atoms with E-state index in [1.165, 1.54) is 0 Å². The predicted octanol–water partition coefficient (Wildman–Crippen LogP) is 2.69. The van der Waals surface area contributed by atoms with Crippen LogP contribution in [0.4, 0.5) is 0 Å². The second-order valence-electron chi connectivity index (χ2n) is 6.40. The molecular formula is C21H25NO5. The Labute approximate surface area is 159 Å². The van der Waals surface area contributed by atoms with Crippen LogP contribution < -0.4 is 14.2 Å². The molecule has 27 heavy (non-hydrogen) atoms. The SMILES string of the molecule is COc1ccccc1OCC1CN(C(=O)COc2ccc(C)cc2)CCO1. The zero-order valence-electron chi connectivity index (χ0n) is 15.7. The van der Waals surface area contributed by atoms with Crippen LogP contribution in [0.3, 0.4) is 0 Å². The maximum atomic E-state index is 12.4. The van der Waals surface area contributed by atoms with Gasteiger partial charge in [-0.25, -0.2) is 0 Å². The van der Waals surface area contributed by atoms with Gasteiger partial charge in [-0.3, -0.25) is 4.79 Å². The molecule has 1 atom stereocenters. The highest BCUT2D eigenvalue weighted by Gasteiger charge is 2.25. The zero-order chi connectivity index (χ0) is 19.1. The lowest BCUT2D eigenvalue weighted by Gasteiger charge is -2.32. The highest BCUT2D eigenvalue weighted by Crippen LogP contribution is 2.26. The van der Waals surface area contributed by atoms with Gasteiger partial charge < -0.3 is 23.8 Å². The monoisotopic (exact) mass is 371 g/mol.